The van der Waals surface area contributed by atoms with Gasteiger partial charge in [0.1, 0.15) is 5.75 Å². The quantitative estimate of drug-likeness (QED) is 0.558. The van der Waals surface area contributed by atoms with Crippen LogP contribution in [0.5, 0.6) is 5.75 Å². The number of hydrogen-bond donors (Lipinski definition) is 2. The van der Waals surface area contributed by atoms with Gasteiger partial charge < -0.3 is 10.1 Å². The molecule has 3 aromatic rings. The zero-order valence-electron chi connectivity index (χ0n) is 18.0. The molecule has 0 atom stereocenters. The Kier molecular flexibility index (Phi) is 6.65. The fraction of sp³-hybridized carbons (Fsp3) is 0.208. The van der Waals surface area contributed by atoms with Gasteiger partial charge in [-0.1, -0.05) is 24.3 Å². The molecule has 0 aromatic heterocycles. The maximum absolute atomic E-state index is 12.7. The number of anilines is 2. The lowest BCUT2D eigenvalue weighted by Crippen LogP contribution is -2.20. The number of amides is 1. The highest BCUT2D eigenvalue weighted by molar-refractivity contribution is 7.92. The highest BCUT2D eigenvalue weighted by Crippen LogP contribution is 2.23. The minimum Gasteiger partial charge on any atom is -0.483 e. The summed E-state index contributed by atoms with van der Waals surface area (Å²) < 4.78 is 33.6. The average Bonchev–Trinajstić information content (AvgIpc) is 2.72. The van der Waals surface area contributed by atoms with Crippen molar-refractivity contribution in [3.05, 3.63) is 82.9 Å². The van der Waals surface area contributed by atoms with Crippen molar-refractivity contribution in [2.75, 3.05) is 16.6 Å². The highest BCUT2D eigenvalue weighted by atomic mass is 32.2. The Morgan fingerprint density at radius 3 is 2.32 bits per heavy atom. The van der Waals surface area contributed by atoms with E-state index in [1.54, 1.807) is 18.2 Å². The van der Waals surface area contributed by atoms with Gasteiger partial charge in [0.25, 0.3) is 15.9 Å². The van der Waals surface area contributed by atoms with Crippen molar-refractivity contribution in [1.82, 2.24) is 0 Å². The molecule has 162 valence electrons. The van der Waals surface area contributed by atoms with Gasteiger partial charge in [0.2, 0.25) is 0 Å². The van der Waals surface area contributed by atoms with Crippen LogP contribution in [0.4, 0.5) is 11.4 Å². The molecule has 0 spiro atoms. The lowest BCUT2D eigenvalue weighted by Gasteiger charge is -2.13. The van der Waals surface area contributed by atoms with E-state index < -0.39 is 10.0 Å². The van der Waals surface area contributed by atoms with E-state index in [9.17, 15) is 13.2 Å². The van der Waals surface area contributed by atoms with Crippen LogP contribution in [-0.4, -0.2) is 20.9 Å². The monoisotopic (exact) mass is 438 g/mol. The first-order valence-corrected chi connectivity index (χ1v) is 11.3. The number of rotatable bonds is 7. The Bertz CT molecular complexity index is 1200. The van der Waals surface area contributed by atoms with Crippen LogP contribution in [-0.2, 0) is 14.8 Å². The summed E-state index contributed by atoms with van der Waals surface area (Å²) in [6.07, 6.45) is 0. The molecule has 0 radical (unpaired) electrons. The first-order valence-electron chi connectivity index (χ1n) is 9.85. The van der Waals surface area contributed by atoms with Gasteiger partial charge in [-0.2, -0.15) is 0 Å². The first kappa shape index (κ1) is 22.4. The summed E-state index contributed by atoms with van der Waals surface area (Å²) in [4.78, 5) is 12.3. The number of carbonyl (C=O) groups excluding carboxylic acids is 1. The Morgan fingerprint density at radius 2 is 1.61 bits per heavy atom. The number of nitrogens with one attached hydrogen (secondary N) is 2. The third kappa shape index (κ3) is 5.64. The van der Waals surface area contributed by atoms with Crippen LogP contribution in [0.3, 0.4) is 0 Å². The molecule has 0 aliphatic rings. The molecule has 0 heterocycles. The van der Waals surface area contributed by atoms with E-state index in [0.717, 1.165) is 22.3 Å². The van der Waals surface area contributed by atoms with Crippen LogP contribution in [0.15, 0.2) is 65.6 Å². The molecule has 0 fully saturated rings. The molecule has 0 aliphatic carbocycles. The van der Waals surface area contributed by atoms with E-state index in [0.29, 0.717) is 17.1 Å². The van der Waals surface area contributed by atoms with Gasteiger partial charge in [-0.3, -0.25) is 9.52 Å². The lowest BCUT2D eigenvalue weighted by molar-refractivity contribution is -0.118. The molecule has 3 rings (SSSR count). The fourth-order valence-electron chi connectivity index (χ4n) is 2.99. The Morgan fingerprint density at radius 1 is 0.903 bits per heavy atom. The van der Waals surface area contributed by atoms with Gasteiger partial charge in [0, 0.05) is 5.69 Å². The number of sulfonamides is 1. The molecule has 1 amide bonds. The Labute approximate surface area is 183 Å². The van der Waals surface area contributed by atoms with E-state index in [2.05, 4.69) is 10.0 Å². The third-order valence-corrected chi connectivity index (χ3v) is 6.38. The zero-order valence-corrected chi connectivity index (χ0v) is 18.8. The Hall–Kier alpha value is -3.32. The van der Waals surface area contributed by atoms with Crippen LogP contribution in [0.2, 0.25) is 0 Å². The molecular formula is C24H26N2O4S. The molecule has 7 heteroatoms. The molecule has 0 saturated heterocycles. The summed E-state index contributed by atoms with van der Waals surface area (Å²) in [6, 6.07) is 17.3. The molecule has 0 bridgehead atoms. The van der Waals surface area contributed by atoms with Gasteiger partial charge in [-0.25, -0.2) is 8.42 Å². The second-order valence-corrected chi connectivity index (χ2v) is 9.17. The van der Waals surface area contributed by atoms with Crippen molar-refractivity contribution in [2.45, 2.75) is 32.6 Å². The van der Waals surface area contributed by atoms with E-state index in [4.69, 9.17) is 4.74 Å². The lowest BCUT2D eigenvalue weighted by atomic mass is 10.1. The molecule has 2 N–H and O–H groups in total. The summed E-state index contributed by atoms with van der Waals surface area (Å²) >= 11 is 0. The molecule has 31 heavy (non-hydrogen) atoms. The second-order valence-electron chi connectivity index (χ2n) is 7.48. The van der Waals surface area contributed by atoms with E-state index in [-0.39, 0.29) is 17.4 Å². The van der Waals surface area contributed by atoms with E-state index >= 15 is 0 Å². The van der Waals surface area contributed by atoms with Gasteiger partial charge in [-0.15, -0.1) is 0 Å². The SMILES string of the molecule is Cc1ccc(C)c(NS(=O)(=O)c2ccc(NC(=O)COc3cccc(C)c3C)cc2)c1. The molecule has 3 aromatic carbocycles. The number of aryl methyl sites for hydroxylation is 3. The maximum Gasteiger partial charge on any atom is 0.262 e. The summed E-state index contributed by atoms with van der Waals surface area (Å²) in [6.45, 7) is 7.52. The minimum atomic E-state index is -3.74. The molecule has 6 nitrogen and oxygen atoms in total. The summed E-state index contributed by atoms with van der Waals surface area (Å²) in [7, 11) is -3.74. The smallest absolute Gasteiger partial charge is 0.262 e. The summed E-state index contributed by atoms with van der Waals surface area (Å²) in [5, 5.41) is 2.71. The van der Waals surface area contributed by atoms with Crippen molar-refractivity contribution in [2.24, 2.45) is 0 Å². The molecule has 0 aliphatic heterocycles. The fourth-order valence-corrected chi connectivity index (χ4v) is 4.11. The second kappa shape index (κ2) is 9.22. The third-order valence-electron chi connectivity index (χ3n) is 5.00. The van der Waals surface area contributed by atoms with Crippen molar-refractivity contribution in [3.63, 3.8) is 0 Å². The van der Waals surface area contributed by atoms with Crippen LogP contribution >= 0.6 is 0 Å². The zero-order chi connectivity index (χ0) is 22.6. The van der Waals surface area contributed by atoms with E-state index in [1.807, 2.05) is 58.0 Å². The summed E-state index contributed by atoms with van der Waals surface area (Å²) in [5.41, 5.74) is 4.90. The van der Waals surface area contributed by atoms with Gasteiger partial charge in [0.05, 0.1) is 10.6 Å². The standard InChI is InChI=1S/C24H26N2O4S/c1-16-8-9-18(3)22(14-16)26-31(28,29)21-12-10-20(11-13-21)25-24(27)15-30-23-7-5-6-17(2)19(23)4/h5-14,26H,15H2,1-4H3,(H,25,27). The van der Waals surface area contributed by atoms with Crippen LogP contribution in [0.1, 0.15) is 22.3 Å². The molecular weight excluding hydrogens is 412 g/mol. The average molecular weight is 439 g/mol. The van der Waals surface area contributed by atoms with Gasteiger partial charge >= 0.3 is 0 Å². The number of ether oxygens (including phenoxy) is 1. The molecule has 0 unspecified atom stereocenters. The topological polar surface area (TPSA) is 84.5 Å². The summed E-state index contributed by atoms with van der Waals surface area (Å²) in [5.74, 6) is 0.333. The van der Waals surface area contributed by atoms with Crippen LogP contribution < -0.4 is 14.8 Å². The predicted octanol–water partition coefficient (Wildman–Crippen LogP) is 4.74. The van der Waals surface area contributed by atoms with Crippen molar-refractivity contribution in [1.29, 1.82) is 0 Å². The highest BCUT2D eigenvalue weighted by Gasteiger charge is 2.16. The van der Waals surface area contributed by atoms with Crippen molar-refractivity contribution in [3.8, 4) is 5.75 Å². The minimum absolute atomic E-state index is 0.109. The predicted molar refractivity (Wildman–Crippen MR) is 123 cm³/mol. The van der Waals surface area contributed by atoms with Crippen LogP contribution in [0, 0.1) is 27.7 Å². The van der Waals surface area contributed by atoms with Gasteiger partial charge in [0.15, 0.2) is 6.61 Å². The number of benzene rings is 3. The largest absolute Gasteiger partial charge is 0.483 e. The number of hydrogen-bond acceptors (Lipinski definition) is 4. The maximum atomic E-state index is 12.7. The normalized spacial score (nSPS) is 11.1. The van der Waals surface area contributed by atoms with E-state index in [1.165, 1.54) is 12.1 Å². The van der Waals surface area contributed by atoms with Crippen molar-refractivity contribution < 1.29 is 17.9 Å². The molecule has 0 saturated carbocycles. The van der Waals surface area contributed by atoms with Crippen LogP contribution in [0.25, 0.3) is 0 Å². The Balaban J connectivity index is 1.63. The first-order chi connectivity index (χ1) is 14.7. The van der Waals surface area contributed by atoms with Crippen molar-refractivity contribution >= 4 is 27.3 Å². The van der Waals surface area contributed by atoms with Gasteiger partial charge in [-0.05, 0) is 86.3 Å². The number of carbonyl (C=O) groups is 1.